The van der Waals surface area contributed by atoms with Gasteiger partial charge >= 0.3 is 0 Å². The van der Waals surface area contributed by atoms with Gasteiger partial charge < -0.3 is 15.4 Å². The number of ether oxygens (including phenoxy) is 1. The lowest BCUT2D eigenvalue weighted by Gasteiger charge is -2.27. The normalized spacial score (nSPS) is 11.1. The Kier molecular flexibility index (Phi) is 7.42. The van der Waals surface area contributed by atoms with Crippen LogP contribution in [-0.2, 0) is 11.2 Å². The number of nitrogens with zero attached hydrogens (tertiary/aromatic N) is 1. The Balaban J connectivity index is 2.85. The Bertz CT molecular complexity index is 382. The number of hydrogen-bond acceptors (Lipinski definition) is 3. The summed E-state index contributed by atoms with van der Waals surface area (Å²) in [5, 5.41) is 0. The van der Waals surface area contributed by atoms with Crippen LogP contribution in [0.2, 0.25) is 0 Å². The van der Waals surface area contributed by atoms with Gasteiger partial charge in [-0.3, -0.25) is 0 Å². The third kappa shape index (κ3) is 5.51. The minimum Gasteiger partial charge on any atom is -0.383 e. The molecule has 0 aromatic heterocycles. The molecule has 2 N–H and O–H groups in total. The molecule has 108 valence electrons. The van der Waals surface area contributed by atoms with Crippen LogP contribution in [0.4, 0.5) is 5.69 Å². The molecule has 0 aliphatic heterocycles. The highest BCUT2D eigenvalue weighted by Gasteiger charge is 2.10. The quantitative estimate of drug-likeness (QED) is 0.797. The van der Waals surface area contributed by atoms with Crippen LogP contribution in [0.3, 0.4) is 0 Å². The average Bonchev–Trinajstić information content (AvgIpc) is 2.36. The Hall–Kier alpha value is -0.580. The van der Waals surface area contributed by atoms with Gasteiger partial charge in [0.2, 0.25) is 0 Å². The van der Waals surface area contributed by atoms with Crippen molar-refractivity contribution in [2.45, 2.75) is 20.3 Å². The molecule has 0 aliphatic carbocycles. The maximum absolute atomic E-state index is 5.61. The molecule has 0 atom stereocenters. The summed E-state index contributed by atoms with van der Waals surface area (Å²) in [6, 6.07) is 6.52. The lowest BCUT2D eigenvalue weighted by molar-refractivity contribution is 0.204. The number of hydrogen-bond donors (Lipinski definition) is 1. The van der Waals surface area contributed by atoms with Crippen LogP contribution in [0.5, 0.6) is 0 Å². The Morgan fingerprint density at radius 3 is 2.63 bits per heavy atom. The van der Waals surface area contributed by atoms with Gasteiger partial charge in [-0.2, -0.15) is 0 Å². The van der Waals surface area contributed by atoms with Crippen LogP contribution in [0.15, 0.2) is 22.7 Å². The van der Waals surface area contributed by atoms with Gasteiger partial charge in [0.1, 0.15) is 0 Å². The fraction of sp³-hybridized carbons (Fsp3) is 0.600. The van der Waals surface area contributed by atoms with E-state index < -0.39 is 0 Å². The zero-order chi connectivity index (χ0) is 14.3. The minimum absolute atomic E-state index is 0.624. The van der Waals surface area contributed by atoms with Crippen molar-refractivity contribution in [1.82, 2.24) is 0 Å². The molecule has 1 rings (SSSR count). The number of halogens is 1. The van der Waals surface area contributed by atoms with Crippen LogP contribution in [0.1, 0.15) is 19.4 Å². The summed E-state index contributed by atoms with van der Waals surface area (Å²) in [7, 11) is 1.74. The minimum atomic E-state index is 0.624. The van der Waals surface area contributed by atoms with E-state index in [0.717, 1.165) is 30.6 Å². The van der Waals surface area contributed by atoms with Gasteiger partial charge in [0.25, 0.3) is 0 Å². The summed E-state index contributed by atoms with van der Waals surface area (Å²) >= 11 is 3.64. The molecular formula is C15H25BrN2O. The second-order valence-corrected chi connectivity index (χ2v) is 6.00. The molecule has 0 aliphatic rings. The van der Waals surface area contributed by atoms with Gasteiger partial charge in [-0.05, 0) is 36.6 Å². The van der Waals surface area contributed by atoms with Crippen molar-refractivity contribution in [2.75, 3.05) is 38.3 Å². The zero-order valence-corrected chi connectivity index (χ0v) is 13.7. The van der Waals surface area contributed by atoms with Gasteiger partial charge in [0.05, 0.1) is 6.61 Å². The summed E-state index contributed by atoms with van der Waals surface area (Å²) in [6.07, 6.45) is 0.906. The molecule has 0 bridgehead atoms. The fourth-order valence-electron chi connectivity index (χ4n) is 2.06. The van der Waals surface area contributed by atoms with Crippen molar-refractivity contribution < 1.29 is 4.74 Å². The molecule has 0 radical (unpaired) electrons. The first kappa shape index (κ1) is 16.5. The number of rotatable bonds is 8. The monoisotopic (exact) mass is 328 g/mol. The lowest BCUT2D eigenvalue weighted by atomic mass is 10.1. The number of nitrogens with two attached hydrogens (primary N) is 1. The molecule has 1 aromatic carbocycles. The average molecular weight is 329 g/mol. The first-order valence-electron chi connectivity index (χ1n) is 6.80. The van der Waals surface area contributed by atoms with Gasteiger partial charge in [-0.15, -0.1) is 0 Å². The Labute approximate surface area is 125 Å². The molecule has 3 nitrogen and oxygen atoms in total. The van der Waals surface area contributed by atoms with Gasteiger partial charge in [0.15, 0.2) is 0 Å². The predicted molar refractivity (Wildman–Crippen MR) is 85.8 cm³/mol. The predicted octanol–water partition coefficient (Wildman–Crippen LogP) is 3.06. The topological polar surface area (TPSA) is 38.5 Å². The second kappa shape index (κ2) is 8.56. The van der Waals surface area contributed by atoms with Crippen LogP contribution >= 0.6 is 15.9 Å². The fourth-order valence-corrected chi connectivity index (χ4v) is 2.62. The Morgan fingerprint density at radius 1 is 1.37 bits per heavy atom. The van der Waals surface area contributed by atoms with E-state index in [1.54, 1.807) is 7.11 Å². The highest BCUT2D eigenvalue weighted by molar-refractivity contribution is 9.10. The van der Waals surface area contributed by atoms with E-state index in [2.05, 4.69) is 52.9 Å². The van der Waals surface area contributed by atoms with E-state index in [4.69, 9.17) is 10.5 Å². The molecule has 19 heavy (non-hydrogen) atoms. The number of benzene rings is 1. The van der Waals surface area contributed by atoms with E-state index in [0.29, 0.717) is 12.5 Å². The highest BCUT2D eigenvalue weighted by atomic mass is 79.9. The van der Waals surface area contributed by atoms with E-state index in [1.165, 1.54) is 11.3 Å². The van der Waals surface area contributed by atoms with Crippen molar-refractivity contribution in [3.8, 4) is 0 Å². The van der Waals surface area contributed by atoms with Crippen LogP contribution < -0.4 is 10.6 Å². The smallest absolute Gasteiger partial charge is 0.0637 e. The van der Waals surface area contributed by atoms with Gasteiger partial charge in [0, 0.05) is 30.4 Å². The van der Waals surface area contributed by atoms with Crippen molar-refractivity contribution in [3.05, 3.63) is 28.2 Å². The third-order valence-corrected chi connectivity index (χ3v) is 3.70. The van der Waals surface area contributed by atoms with E-state index in [-0.39, 0.29) is 0 Å². The maximum atomic E-state index is 5.61. The maximum Gasteiger partial charge on any atom is 0.0637 e. The molecule has 0 fully saturated rings. The molecule has 4 heteroatoms. The summed E-state index contributed by atoms with van der Waals surface area (Å²) in [6.45, 7) is 7.84. The SMILES string of the molecule is COCCN(CC(C)C)c1ccc(CCN)c(Br)c1. The Morgan fingerprint density at radius 2 is 2.11 bits per heavy atom. The first-order chi connectivity index (χ1) is 9.08. The molecule has 0 unspecified atom stereocenters. The molecule has 0 spiro atoms. The standard InChI is InChI=1S/C15H25BrN2O/c1-12(2)11-18(8-9-19-3)14-5-4-13(6-7-17)15(16)10-14/h4-5,10,12H,6-9,11,17H2,1-3H3. The van der Waals surface area contributed by atoms with Gasteiger partial charge in [-0.25, -0.2) is 0 Å². The van der Waals surface area contributed by atoms with E-state index in [9.17, 15) is 0 Å². The molecular weight excluding hydrogens is 304 g/mol. The van der Waals surface area contributed by atoms with Gasteiger partial charge in [-0.1, -0.05) is 35.8 Å². The van der Waals surface area contributed by atoms with Crippen molar-refractivity contribution in [3.63, 3.8) is 0 Å². The molecule has 0 saturated carbocycles. The summed E-state index contributed by atoms with van der Waals surface area (Å²) < 4.78 is 6.34. The molecule has 0 amide bonds. The third-order valence-electron chi connectivity index (χ3n) is 2.97. The lowest BCUT2D eigenvalue weighted by Crippen LogP contribution is -2.31. The molecule has 1 aromatic rings. The van der Waals surface area contributed by atoms with Crippen LogP contribution in [-0.4, -0.2) is 33.4 Å². The van der Waals surface area contributed by atoms with E-state index >= 15 is 0 Å². The summed E-state index contributed by atoms with van der Waals surface area (Å²) in [5.41, 5.74) is 8.11. The second-order valence-electron chi connectivity index (χ2n) is 5.15. The molecule has 0 heterocycles. The molecule has 0 saturated heterocycles. The largest absolute Gasteiger partial charge is 0.383 e. The van der Waals surface area contributed by atoms with Crippen molar-refractivity contribution >= 4 is 21.6 Å². The summed E-state index contributed by atoms with van der Waals surface area (Å²) in [5.74, 6) is 0.624. The van der Waals surface area contributed by atoms with Crippen molar-refractivity contribution in [1.29, 1.82) is 0 Å². The zero-order valence-electron chi connectivity index (χ0n) is 12.2. The van der Waals surface area contributed by atoms with E-state index in [1.807, 2.05) is 0 Å². The summed E-state index contributed by atoms with van der Waals surface area (Å²) in [4.78, 5) is 2.37. The first-order valence-corrected chi connectivity index (χ1v) is 7.60. The van der Waals surface area contributed by atoms with Crippen LogP contribution in [0, 0.1) is 5.92 Å². The highest BCUT2D eigenvalue weighted by Crippen LogP contribution is 2.25. The van der Waals surface area contributed by atoms with Crippen molar-refractivity contribution in [2.24, 2.45) is 11.7 Å². The van der Waals surface area contributed by atoms with Crippen LogP contribution in [0.25, 0.3) is 0 Å². The number of methoxy groups -OCH3 is 1. The number of anilines is 1.